The van der Waals surface area contributed by atoms with Gasteiger partial charge in [-0.15, -0.1) is 10.2 Å². The Kier molecular flexibility index (Phi) is 4.50. The number of halogens is 1. The lowest BCUT2D eigenvalue weighted by atomic mass is 10.2. The van der Waals surface area contributed by atoms with Crippen molar-refractivity contribution in [3.8, 4) is 10.6 Å². The minimum Gasteiger partial charge on any atom is -0.360 e. The third-order valence-corrected chi connectivity index (χ3v) is 3.78. The van der Waals surface area contributed by atoms with Gasteiger partial charge in [-0.3, -0.25) is 0 Å². The Morgan fingerprint density at radius 1 is 1.24 bits per heavy atom. The molecule has 0 amide bonds. The maximum Gasteiger partial charge on any atom is 0.206 e. The number of anilines is 1. The Bertz CT molecular complexity index is 467. The molecule has 0 atom stereocenters. The lowest BCUT2D eigenvalue weighted by molar-refractivity contribution is 0.831. The molecule has 1 aromatic carbocycles. The molecule has 90 valence electrons. The molecule has 5 heteroatoms. The highest BCUT2D eigenvalue weighted by Crippen LogP contribution is 2.27. The molecule has 0 unspecified atom stereocenters. The number of nitrogens with one attached hydrogen (secondary N) is 1. The largest absolute Gasteiger partial charge is 0.360 e. The summed E-state index contributed by atoms with van der Waals surface area (Å²) in [6.45, 7) is 3.14. The molecule has 0 fully saturated rings. The van der Waals surface area contributed by atoms with E-state index in [0.717, 1.165) is 33.1 Å². The molecular weight excluding hydrogens is 298 g/mol. The normalized spacial score (nSPS) is 10.5. The molecule has 1 heterocycles. The van der Waals surface area contributed by atoms with Crippen LogP contribution in [0.25, 0.3) is 10.6 Å². The number of hydrogen-bond donors (Lipinski definition) is 1. The van der Waals surface area contributed by atoms with E-state index in [4.69, 9.17) is 0 Å². The van der Waals surface area contributed by atoms with Gasteiger partial charge >= 0.3 is 0 Å². The minimum atomic E-state index is 0.899. The Labute approximate surface area is 113 Å². The van der Waals surface area contributed by atoms with Gasteiger partial charge in [0, 0.05) is 16.6 Å². The van der Waals surface area contributed by atoms with Gasteiger partial charge in [0.25, 0.3) is 0 Å². The molecule has 17 heavy (non-hydrogen) atoms. The smallest absolute Gasteiger partial charge is 0.206 e. The molecule has 0 aliphatic carbocycles. The van der Waals surface area contributed by atoms with E-state index in [1.54, 1.807) is 11.3 Å². The summed E-state index contributed by atoms with van der Waals surface area (Å²) in [7, 11) is 0. The van der Waals surface area contributed by atoms with E-state index in [2.05, 4.69) is 38.4 Å². The molecule has 0 radical (unpaired) electrons. The topological polar surface area (TPSA) is 37.8 Å². The molecule has 3 nitrogen and oxygen atoms in total. The van der Waals surface area contributed by atoms with Crippen molar-refractivity contribution >= 4 is 32.4 Å². The number of nitrogens with zero attached hydrogens (tertiary/aromatic N) is 2. The average Bonchev–Trinajstić information content (AvgIpc) is 2.79. The van der Waals surface area contributed by atoms with Crippen molar-refractivity contribution in [3.05, 3.63) is 28.7 Å². The number of unbranched alkanes of at least 4 members (excludes halogenated alkanes) is 1. The van der Waals surface area contributed by atoms with Crippen LogP contribution in [0.4, 0.5) is 5.13 Å². The van der Waals surface area contributed by atoms with Gasteiger partial charge in [0.1, 0.15) is 5.01 Å². The van der Waals surface area contributed by atoms with Crippen LogP contribution in [0.2, 0.25) is 0 Å². The molecular formula is C12H14BrN3S. The van der Waals surface area contributed by atoms with Crippen LogP contribution in [0.5, 0.6) is 0 Å². The first-order chi connectivity index (χ1) is 8.29. The lowest BCUT2D eigenvalue weighted by Gasteiger charge is -1.98. The highest BCUT2D eigenvalue weighted by Gasteiger charge is 2.05. The third kappa shape index (κ3) is 3.51. The van der Waals surface area contributed by atoms with E-state index in [1.807, 2.05) is 24.3 Å². The van der Waals surface area contributed by atoms with E-state index in [1.165, 1.54) is 6.42 Å². The third-order valence-electron chi connectivity index (χ3n) is 2.32. The summed E-state index contributed by atoms with van der Waals surface area (Å²) in [6, 6.07) is 8.11. The predicted octanol–water partition coefficient (Wildman–Crippen LogP) is 4.18. The molecule has 0 aliphatic rings. The fourth-order valence-corrected chi connectivity index (χ4v) is 2.41. The lowest BCUT2D eigenvalue weighted by Crippen LogP contribution is -1.99. The van der Waals surface area contributed by atoms with Crippen molar-refractivity contribution in [1.29, 1.82) is 0 Å². The van der Waals surface area contributed by atoms with Crippen LogP contribution in [0, 0.1) is 0 Å². The highest BCUT2D eigenvalue weighted by molar-refractivity contribution is 9.10. The quantitative estimate of drug-likeness (QED) is 0.842. The minimum absolute atomic E-state index is 0.899. The molecule has 2 rings (SSSR count). The fourth-order valence-electron chi connectivity index (χ4n) is 1.38. The molecule has 0 bridgehead atoms. The van der Waals surface area contributed by atoms with Gasteiger partial charge in [0.15, 0.2) is 0 Å². The Morgan fingerprint density at radius 2 is 2.00 bits per heavy atom. The summed E-state index contributed by atoms with van der Waals surface area (Å²) in [5.41, 5.74) is 1.11. The first kappa shape index (κ1) is 12.5. The van der Waals surface area contributed by atoms with E-state index in [0.29, 0.717) is 0 Å². The van der Waals surface area contributed by atoms with Crippen molar-refractivity contribution in [2.75, 3.05) is 11.9 Å². The Balaban J connectivity index is 2.04. The van der Waals surface area contributed by atoms with Crippen molar-refractivity contribution in [3.63, 3.8) is 0 Å². The Hall–Kier alpha value is -0.940. The summed E-state index contributed by atoms with van der Waals surface area (Å²) in [6.07, 6.45) is 2.35. The highest BCUT2D eigenvalue weighted by atomic mass is 79.9. The van der Waals surface area contributed by atoms with Gasteiger partial charge in [-0.25, -0.2) is 0 Å². The molecule has 2 aromatic rings. The predicted molar refractivity (Wildman–Crippen MR) is 76.4 cm³/mol. The molecule has 0 saturated carbocycles. The first-order valence-electron chi connectivity index (χ1n) is 5.63. The molecule has 1 N–H and O–H groups in total. The SMILES string of the molecule is CCCCNc1nnc(-c2ccc(Br)cc2)s1. The van der Waals surface area contributed by atoms with Gasteiger partial charge in [-0.05, 0) is 18.6 Å². The van der Waals surface area contributed by atoms with Gasteiger partial charge in [0.05, 0.1) is 0 Å². The fraction of sp³-hybridized carbons (Fsp3) is 0.333. The van der Waals surface area contributed by atoms with Crippen LogP contribution in [0.15, 0.2) is 28.7 Å². The summed E-state index contributed by atoms with van der Waals surface area (Å²) < 4.78 is 1.08. The van der Waals surface area contributed by atoms with Crippen LogP contribution in [0.1, 0.15) is 19.8 Å². The summed E-state index contributed by atoms with van der Waals surface area (Å²) in [5, 5.41) is 13.5. The van der Waals surface area contributed by atoms with Crippen LogP contribution >= 0.6 is 27.3 Å². The first-order valence-corrected chi connectivity index (χ1v) is 7.24. The average molecular weight is 312 g/mol. The van der Waals surface area contributed by atoms with Gasteiger partial charge < -0.3 is 5.32 Å². The maximum absolute atomic E-state index is 4.19. The molecule has 1 aromatic heterocycles. The van der Waals surface area contributed by atoms with Crippen molar-refractivity contribution in [2.24, 2.45) is 0 Å². The van der Waals surface area contributed by atoms with Crippen molar-refractivity contribution < 1.29 is 0 Å². The van der Waals surface area contributed by atoms with E-state index < -0.39 is 0 Å². The van der Waals surface area contributed by atoms with Crippen LogP contribution in [-0.2, 0) is 0 Å². The van der Waals surface area contributed by atoms with Gasteiger partial charge in [0.2, 0.25) is 5.13 Å². The van der Waals surface area contributed by atoms with E-state index in [-0.39, 0.29) is 0 Å². The summed E-state index contributed by atoms with van der Waals surface area (Å²) >= 11 is 5.01. The van der Waals surface area contributed by atoms with Crippen molar-refractivity contribution in [2.45, 2.75) is 19.8 Å². The molecule has 0 saturated heterocycles. The van der Waals surface area contributed by atoms with Crippen molar-refractivity contribution in [1.82, 2.24) is 10.2 Å². The van der Waals surface area contributed by atoms with E-state index >= 15 is 0 Å². The number of rotatable bonds is 5. The van der Waals surface area contributed by atoms with Gasteiger partial charge in [-0.1, -0.05) is 52.7 Å². The second-order valence-electron chi connectivity index (χ2n) is 3.70. The monoisotopic (exact) mass is 311 g/mol. The zero-order chi connectivity index (χ0) is 12.1. The number of aromatic nitrogens is 2. The molecule has 0 spiro atoms. The second kappa shape index (κ2) is 6.12. The summed E-state index contributed by atoms with van der Waals surface area (Å²) in [5.74, 6) is 0. The standard InChI is InChI=1S/C12H14BrN3S/c1-2-3-8-14-12-16-15-11(17-12)9-4-6-10(13)7-5-9/h4-7H,2-3,8H2,1H3,(H,14,16). The van der Waals surface area contributed by atoms with E-state index in [9.17, 15) is 0 Å². The van der Waals surface area contributed by atoms with Crippen LogP contribution in [-0.4, -0.2) is 16.7 Å². The van der Waals surface area contributed by atoms with Crippen LogP contribution < -0.4 is 5.32 Å². The zero-order valence-corrected chi connectivity index (χ0v) is 12.0. The second-order valence-corrected chi connectivity index (χ2v) is 5.59. The number of benzene rings is 1. The van der Waals surface area contributed by atoms with Crippen LogP contribution in [0.3, 0.4) is 0 Å². The summed E-state index contributed by atoms with van der Waals surface area (Å²) in [4.78, 5) is 0. The Morgan fingerprint density at radius 3 is 2.71 bits per heavy atom. The molecule has 0 aliphatic heterocycles. The number of hydrogen-bond acceptors (Lipinski definition) is 4. The van der Waals surface area contributed by atoms with Gasteiger partial charge in [-0.2, -0.15) is 0 Å². The zero-order valence-electron chi connectivity index (χ0n) is 9.61. The maximum atomic E-state index is 4.19.